The SMILES string of the molecule is CC(=O)c1ccc2cc(C(=O)c3ccccc3)c(=O)oc2c1. The first kappa shape index (κ1) is 13.9. The molecule has 0 N–H and O–H groups in total. The van der Waals surface area contributed by atoms with Crippen molar-refractivity contribution in [3.8, 4) is 0 Å². The number of hydrogen-bond acceptors (Lipinski definition) is 4. The Kier molecular flexibility index (Phi) is 3.43. The van der Waals surface area contributed by atoms with Crippen LogP contribution in [0.3, 0.4) is 0 Å². The fourth-order valence-corrected chi connectivity index (χ4v) is 2.23. The lowest BCUT2D eigenvalue weighted by Crippen LogP contribution is -2.14. The zero-order valence-corrected chi connectivity index (χ0v) is 11.8. The van der Waals surface area contributed by atoms with E-state index in [9.17, 15) is 14.4 Å². The van der Waals surface area contributed by atoms with Crippen LogP contribution in [0.15, 0.2) is 63.8 Å². The number of carbonyl (C=O) groups excluding carboxylic acids is 2. The van der Waals surface area contributed by atoms with E-state index in [1.807, 2.05) is 0 Å². The van der Waals surface area contributed by atoms with Crippen LogP contribution < -0.4 is 5.63 Å². The molecule has 1 aromatic heterocycles. The van der Waals surface area contributed by atoms with E-state index in [4.69, 9.17) is 4.42 Å². The van der Waals surface area contributed by atoms with Gasteiger partial charge in [0.1, 0.15) is 11.1 Å². The Bertz CT molecular complexity index is 936. The molecule has 1 heterocycles. The average molecular weight is 292 g/mol. The minimum absolute atomic E-state index is 0.0192. The zero-order valence-electron chi connectivity index (χ0n) is 11.8. The summed E-state index contributed by atoms with van der Waals surface area (Å²) in [5, 5.41) is 0.601. The highest BCUT2D eigenvalue weighted by molar-refractivity contribution is 6.10. The number of hydrogen-bond donors (Lipinski definition) is 0. The number of carbonyl (C=O) groups is 2. The van der Waals surface area contributed by atoms with E-state index in [2.05, 4.69) is 0 Å². The van der Waals surface area contributed by atoms with Gasteiger partial charge < -0.3 is 4.42 Å². The van der Waals surface area contributed by atoms with Gasteiger partial charge in [0.25, 0.3) is 0 Å². The molecule has 0 radical (unpaired) electrons. The molecule has 3 rings (SSSR count). The molecule has 0 aliphatic rings. The van der Waals surface area contributed by atoms with Crippen LogP contribution in [0.1, 0.15) is 33.2 Å². The van der Waals surface area contributed by atoms with Crippen molar-refractivity contribution in [1.82, 2.24) is 0 Å². The van der Waals surface area contributed by atoms with Crippen LogP contribution in [0.4, 0.5) is 0 Å². The second kappa shape index (κ2) is 5.41. The Hall–Kier alpha value is -3.01. The quantitative estimate of drug-likeness (QED) is 0.549. The van der Waals surface area contributed by atoms with E-state index in [-0.39, 0.29) is 17.1 Å². The van der Waals surface area contributed by atoms with Gasteiger partial charge in [-0.2, -0.15) is 0 Å². The first-order valence-corrected chi connectivity index (χ1v) is 6.75. The lowest BCUT2D eigenvalue weighted by atomic mass is 10.0. The topological polar surface area (TPSA) is 64.3 Å². The summed E-state index contributed by atoms with van der Waals surface area (Å²) in [5.41, 5.74) is 0.450. The predicted octanol–water partition coefficient (Wildman–Crippen LogP) is 3.23. The molecule has 0 aliphatic carbocycles. The van der Waals surface area contributed by atoms with Crippen LogP contribution in [0, 0.1) is 0 Å². The van der Waals surface area contributed by atoms with Gasteiger partial charge in [0.05, 0.1) is 0 Å². The summed E-state index contributed by atoms with van der Waals surface area (Å²) in [7, 11) is 0. The molecule has 3 aromatic rings. The highest BCUT2D eigenvalue weighted by Gasteiger charge is 2.15. The summed E-state index contributed by atoms with van der Waals surface area (Å²) in [6.45, 7) is 1.44. The Morgan fingerprint density at radius 1 is 0.909 bits per heavy atom. The summed E-state index contributed by atoms with van der Waals surface area (Å²) in [5.74, 6) is -0.499. The molecule has 0 saturated heterocycles. The Morgan fingerprint density at radius 3 is 2.32 bits per heavy atom. The van der Waals surface area contributed by atoms with Gasteiger partial charge in [-0.1, -0.05) is 42.5 Å². The molecular formula is C18H12O4. The predicted molar refractivity (Wildman–Crippen MR) is 82.4 cm³/mol. The molecular weight excluding hydrogens is 280 g/mol. The van der Waals surface area contributed by atoms with Gasteiger partial charge in [-0.25, -0.2) is 4.79 Å². The van der Waals surface area contributed by atoms with Crippen molar-refractivity contribution in [2.45, 2.75) is 6.92 Å². The summed E-state index contributed by atoms with van der Waals surface area (Å²) in [6.07, 6.45) is 0. The molecule has 0 fully saturated rings. The van der Waals surface area contributed by atoms with E-state index in [0.29, 0.717) is 22.1 Å². The molecule has 4 nitrogen and oxygen atoms in total. The molecule has 0 saturated carbocycles. The third-order valence-electron chi connectivity index (χ3n) is 3.42. The second-order valence-electron chi connectivity index (χ2n) is 4.95. The summed E-state index contributed by atoms with van der Waals surface area (Å²) in [6, 6.07) is 14.9. The average Bonchev–Trinajstić information content (AvgIpc) is 2.53. The first-order chi connectivity index (χ1) is 10.6. The van der Waals surface area contributed by atoms with Crippen LogP contribution in [-0.2, 0) is 0 Å². The van der Waals surface area contributed by atoms with Gasteiger partial charge in [-0.3, -0.25) is 9.59 Å². The first-order valence-electron chi connectivity index (χ1n) is 6.75. The smallest absolute Gasteiger partial charge is 0.347 e. The standard InChI is InChI=1S/C18H12O4/c1-11(19)13-7-8-14-9-15(18(21)22-16(14)10-13)17(20)12-5-3-2-4-6-12/h2-10H,1H3. The number of Topliss-reactive ketones (excluding diaryl/α,β-unsaturated/α-hetero) is 1. The highest BCUT2D eigenvalue weighted by Crippen LogP contribution is 2.17. The van der Waals surface area contributed by atoms with Gasteiger partial charge in [0, 0.05) is 16.5 Å². The fraction of sp³-hybridized carbons (Fsp3) is 0.0556. The number of ketones is 2. The summed E-state index contributed by atoms with van der Waals surface area (Å²) >= 11 is 0. The van der Waals surface area contributed by atoms with Crippen molar-refractivity contribution in [3.63, 3.8) is 0 Å². The van der Waals surface area contributed by atoms with Crippen LogP contribution in [-0.4, -0.2) is 11.6 Å². The van der Waals surface area contributed by atoms with Crippen molar-refractivity contribution in [2.75, 3.05) is 0 Å². The van der Waals surface area contributed by atoms with E-state index in [1.54, 1.807) is 42.5 Å². The molecule has 0 bridgehead atoms. The molecule has 2 aromatic carbocycles. The van der Waals surface area contributed by atoms with Crippen LogP contribution in [0.2, 0.25) is 0 Å². The fourth-order valence-electron chi connectivity index (χ4n) is 2.23. The molecule has 0 spiro atoms. The van der Waals surface area contributed by atoms with Crippen molar-refractivity contribution in [2.24, 2.45) is 0 Å². The molecule has 108 valence electrons. The normalized spacial score (nSPS) is 10.6. The van der Waals surface area contributed by atoms with E-state index in [0.717, 1.165) is 0 Å². The molecule has 0 unspecified atom stereocenters. The summed E-state index contributed by atoms with van der Waals surface area (Å²) < 4.78 is 5.20. The molecule has 4 heteroatoms. The van der Waals surface area contributed by atoms with E-state index in [1.165, 1.54) is 19.1 Å². The van der Waals surface area contributed by atoms with E-state index < -0.39 is 5.63 Å². The van der Waals surface area contributed by atoms with Crippen molar-refractivity contribution < 1.29 is 14.0 Å². The molecule has 0 amide bonds. The third-order valence-corrected chi connectivity index (χ3v) is 3.42. The van der Waals surface area contributed by atoms with Crippen LogP contribution in [0.5, 0.6) is 0 Å². The lowest BCUT2D eigenvalue weighted by molar-refractivity contribution is 0.101. The largest absolute Gasteiger partial charge is 0.422 e. The minimum atomic E-state index is -0.706. The second-order valence-corrected chi connectivity index (χ2v) is 4.95. The maximum Gasteiger partial charge on any atom is 0.347 e. The third kappa shape index (κ3) is 2.46. The summed E-state index contributed by atoms with van der Waals surface area (Å²) in [4.78, 5) is 35.8. The van der Waals surface area contributed by atoms with Gasteiger partial charge in [-0.05, 0) is 19.1 Å². The van der Waals surface area contributed by atoms with Gasteiger partial charge >= 0.3 is 5.63 Å². The Morgan fingerprint density at radius 2 is 1.64 bits per heavy atom. The maximum atomic E-state index is 12.4. The zero-order chi connectivity index (χ0) is 15.7. The highest BCUT2D eigenvalue weighted by atomic mass is 16.4. The number of rotatable bonds is 3. The number of fused-ring (bicyclic) bond motifs is 1. The van der Waals surface area contributed by atoms with Gasteiger partial charge in [-0.15, -0.1) is 0 Å². The maximum absolute atomic E-state index is 12.4. The number of benzene rings is 2. The lowest BCUT2D eigenvalue weighted by Gasteiger charge is -2.03. The van der Waals surface area contributed by atoms with Gasteiger partial charge in [0.15, 0.2) is 11.6 Å². The minimum Gasteiger partial charge on any atom is -0.422 e. The van der Waals surface area contributed by atoms with Crippen molar-refractivity contribution in [3.05, 3.63) is 81.7 Å². The van der Waals surface area contributed by atoms with Crippen LogP contribution >= 0.6 is 0 Å². The van der Waals surface area contributed by atoms with Crippen LogP contribution in [0.25, 0.3) is 11.0 Å². The molecule has 0 aliphatic heterocycles. The van der Waals surface area contributed by atoms with Crippen molar-refractivity contribution in [1.29, 1.82) is 0 Å². The Labute approximate surface area is 126 Å². The molecule has 0 atom stereocenters. The molecule has 22 heavy (non-hydrogen) atoms. The Balaban J connectivity index is 2.14. The van der Waals surface area contributed by atoms with Gasteiger partial charge in [0.2, 0.25) is 0 Å². The van der Waals surface area contributed by atoms with E-state index >= 15 is 0 Å². The monoisotopic (exact) mass is 292 g/mol. The van der Waals surface area contributed by atoms with Crippen molar-refractivity contribution >= 4 is 22.5 Å².